The summed E-state index contributed by atoms with van der Waals surface area (Å²) < 4.78 is 11.4. The zero-order valence-electron chi connectivity index (χ0n) is 11.4. The lowest BCUT2D eigenvalue weighted by Gasteiger charge is -2.39. The molecule has 2 saturated heterocycles. The van der Waals surface area contributed by atoms with Crippen molar-refractivity contribution in [1.82, 2.24) is 0 Å². The first-order chi connectivity index (χ1) is 8.64. The summed E-state index contributed by atoms with van der Waals surface area (Å²) in [5, 5.41) is 0. The van der Waals surface area contributed by atoms with Gasteiger partial charge >= 0.3 is 0 Å². The van der Waals surface area contributed by atoms with Gasteiger partial charge in [-0.3, -0.25) is 4.79 Å². The molecule has 1 aliphatic carbocycles. The van der Waals surface area contributed by atoms with Gasteiger partial charge in [-0.25, -0.2) is 0 Å². The van der Waals surface area contributed by atoms with E-state index in [1.807, 2.05) is 0 Å². The minimum absolute atomic E-state index is 0.0390. The van der Waals surface area contributed by atoms with Crippen molar-refractivity contribution in [2.45, 2.75) is 57.5 Å². The van der Waals surface area contributed by atoms with Gasteiger partial charge in [0.15, 0.2) is 0 Å². The van der Waals surface area contributed by atoms with Crippen LogP contribution in [0.15, 0.2) is 0 Å². The predicted octanol–water partition coefficient (Wildman–Crippen LogP) is 2.72. The molecule has 3 nitrogen and oxygen atoms in total. The van der Waals surface area contributed by atoms with Crippen LogP contribution in [-0.2, 0) is 14.3 Å². The van der Waals surface area contributed by atoms with E-state index >= 15 is 0 Å². The average molecular weight is 252 g/mol. The highest BCUT2D eigenvalue weighted by molar-refractivity contribution is 5.87. The lowest BCUT2D eigenvalue weighted by atomic mass is 9.72. The Morgan fingerprint density at radius 2 is 1.94 bits per heavy atom. The van der Waals surface area contributed by atoms with Gasteiger partial charge in [0, 0.05) is 31.0 Å². The topological polar surface area (TPSA) is 35.5 Å². The summed E-state index contributed by atoms with van der Waals surface area (Å²) >= 11 is 0. The number of ether oxygens (including phenoxy) is 2. The van der Waals surface area contributed by atoms with Crippen LogP contribution in [0, 0.1) is 11.3 Å². The maximum Gasteiger partial charge on any atom is 0.142 e. The second-order valence-corrected chi connectivity index (χ2v) is 6.66. The fourth-order valence-corrected chi connectivity index (χ4v) is 4.01. The third-order valence-corrected chi connectivity index (χ3v) is 5.23. The summed E-state index contributed by atoms with van der Waals surface area (Å²) in [4.78, 5) is 12.8. The van der Waals surface area contributed by atoms with Crippen molar-refractivity contribution in [2.75, 3.05) is 19.8 Å². The molecule has 2 unspecified atom stereocenters. The van der Waals surface area contributed by atoms with E-state index in [1.165, 1.54) is 12.8 Å². The molecule has 2 heterocycles. The molecule has 2 aliphatic heterocycles. The Hall–Kier alpha value is -0.410. The van der Waals surface area contributed by atoms with Gasteiger partial charge in [-0.2, -0.15) is 0 Å². The van der Waals surface area contributed by atoms with E-state index in [2.05, 4.69) is 6.92 Å². The zero-order valence-corrected chi connectivity index (χ0v) is 11.4. The minimum atomic E-state index is -0.131. The van der Waals surface area contributed by atoms with E-state index in [0.717, 1.165) is 45.3 Å². The molecule has 102 valence electrons. The number of hydrogen-bond donors (Lipinski definition) is 0. The lowest BCUT2D eigenvalue weighted by Crippen LogP contribution is -2.45. The van der Waals surface area contributed by atoms with Crippen molar-refractivity contribution >= 4 is 5.78 Å². The maximum atomic E-state index is 12.8. The number of carbonyl (C=O) groups excluding carboxylic acids is 1. The summed E-state index contributed by atoms with van der Waals surface area (Å²) in [6.07, 6.45) is 7.39. The fourth-order valence-electron chi connectivity index (χ4n) is 4.01. The Labute approximate surface area is 109 Å². The van der Waals surface area contributed by atoms with Crippen LogP contribution in [0.4, 0.5) is 0 Å². The molecule has 1 saturated carbocycles. The molecule has 0 bridgehead atoms. The summed E-state index contributed by atoms with van der Waals surface area (Å²) in [5.74, 6) is 0.720. The standard InChI is InChI=1S/C15H24O3/c1-14(5-2-3-6-14)13(16)12-4-8-18-15(10-12)7-9-17-11-15/h12H,2-11H2,1H3. The van der Waals surface area contributed by atoms with Crippen LogP contribution in [-0.4, -0.2) is 31.2 Å². The van der Waals surface area contributed by atoms with Crippen LogP contribution < -0.4 is 0 Å². The molecule has 3 heteroatoms. The van der Waals surface area contributed by atoms with E-state index in [9.17, 15) is 4.79 Å². The first-order valence-corrected chi connectivity index (χ1v) is 7.40. The SMILES string of the molecule is CC1(C(=O)C2CCOC3(CCOC3)C2)CCCC1. The summed E-state index contributed by atoms with van der Waals surface area (Å²) in [6, 6.07) is 0. The lowest BCUT2D eigenvalue weighted by molar-refractivity contribution is -0.145. The van der Waals surface area contributed by atoms with Crippen LogP contribution in [0.2, 0.25) is 0 Å². The van der Waals surface area contributed by atoms with Crippen molar-refractivity contribution in [3.8, 4) is 0 Å². The fraction of sp³-hybridized carbons (Fsp3) is 0.933. The quantitative estimate of drug-likeness (QED) is 0.758. The molecule has 0 aromatic rings. The Balaban J connectivity index is 1.70. The van der Waals surface area contributed by atoms with Gasteiger partial charge in [0.25, 0.3) is 0 Å². The Morgan fingerprint density at radius 3 is 2.61 bits per heavy atom. The molecule has 0 N–H and O–H groups in total. The Kier molecular flexibility index (Phi) is 3.23. The molecule has 0 aromatic carbocycles. The molecule has 2 atom stereocenters. The second-order valence-electron chi connectivity index (χ2n) is 6.66. The largest absolute Gasteiger partial charge is 0.378 e. The highest BCUT2D eigenvalue weighted by Gasteiger charge is 2.47. The van der Waals surface area contributed by atoms with Gasteiger partial charge in [-0.1, -0.05) is 19.8 Å². The van der Waals surface area contributed by atoms with Crippen molar-refractivity contribution in [1.29, 1.82) is 0 Å². The van der Waals surface area contributed by atoms with Gasteiger partial charge in [-0.15, -0.1) is 0 Å². The van der Waals surface area contributed by atoms with Crippen LogP contribution in [0.25, 0.3) is 0 Å². The summed E-state index contributed by atoms with van der Waals surface area (Å²) in [5.41, 5.74) is -0.170. The zero-order chi connectivity index (χ0) is 12.6. The van der Waals surface area contributed by atoms with Crippen LogP contribution in [0.5, 0.6) is 0 Å². The highest BCUT2D eigenvalue weighted by atomic mass is 16.6. The molecule has 3 rings (SSSR count). The van der Waals surface area contributed by atoms with Crippen molar-refractivity contribution in [2.24, 2.45) is 11.3 Å². The average Bonchev–Trinajstić information content (AvgIpc) is 2.99. The normalized spacial score (nSPS) is 39.3. The van der Waals surface area contributed by atoms with E-state index in [1.54, 1.807) is 0 Å². The third-order valence-electron chi connectivity index (χ3n) is 5.23. The smallest absolute Gasteiger partial charge is 0.142 e. The van der Waals surface area contributed by atoms with Crippen LogP contribution in [0.1, 0.15) is 51.9 Å². The maximum absolute atomic E-state index is 12.8. The van der Waals surface area contributed by atoms with Crippen molar-refractivity contribution in [3.05, 3.63) is 0 Å². The van der Waals surface area contributed by atoms with E-state index < -0.39 is 0 Å². The highest BCUT2D eigenvalue weighted by Crippen LogP contribution is 2.44. The number of Topliss-reactive ketones (excluding diaryl/α,β-unsaturated/α-hetero) is 1. The first kappa shape index (κ1) is 12.6. The monoisotopic (exact) mass is 252 g/mol. The van der Waals surface area contributed by atoms with Crippen LogP contribution in [0.3, 0.4) is 0 Å². The number of rotatable bonds is 2. The summed E-state index contributed by atoms with van der Waals surface area (Å²) in [6.45, 7) is 4.39. The number of hydrogen-bond acceptors (Lipinski definition) is 3. The molecular weight excluding hydrogens is 228 g/mol. The predicted molar refractivity (Wildman–Crippen MR) is 68.4 cm³/mol. The van der Waals surface area contributed by atoms with Crippen LogP contribution >= 0.6 is 0 Å². The van der Waals surface area contributed by atoms with Gasteiger partial charge in [0.1, 0.15) is 5.78 Å². The number of ketones is 1. The van der Waals surface area contributed by atoms with Crippen molar-refractivity contribution in [3.63, 3.8) is 0 Å². The molecular formula is C15H24O3. The molecule has 3 fully saturated rings. The van der Waals surface area contributed by atoms with E-state index in [4.69, 9.17) is 9.47 Å². The minimum Gasteiger partial charge on any atom is -0.378 e. The molecule has 0 radical (unpaired) electrons. The summed E-state index contributed by atoms with van der Waals surface area (Å²) in [7, 11) is 0. The molecule has 18 heavy (non-hydrogen) atoms. The van der Waals surface area contributed by atoms with Gasteiger partial charge < -0.3 is 9.47 Å². The molecule has 1 spiro atoms. The van der Waals surface area contributed by atoms with Gasteiger partial charge in [-0.05, 0) is 25.7 Å². The molecule has 0 aromatic heterocycles. The van der Waals surface area contributed by atoms with Crippen molar-refractivity contribution < 1.29 is 14.3 Å². The van der Waals surface area contributed by atoms with E-state index in [0.29, 0.717) is 12.4 Å². The van der Waals surface area contributed by atoms with Gasteiger partial charge in [0.2, 0.25) is 0 Å². The number of carbonyl (C=O) groups is 1. The van der Waals surface area contributed by atoms with E-state index in [-0.39, 0.29) is 16.9 Å². The third kappa shape index (κ3) is 2.12. The Bertz CT molecular complexity index is 325. The first-order valence-electron chi connectivity index (χ1n) is 7.40. The Morgan fingerprint density at radius 1 is 1.17 bits per heavy atom. The second kappa shape index (κ2) is 4.61. The molecule has 3 aliphatic rings. The molecule has 0 amide bonds. The van der Waals surface area contributed by atoms with Gasteiger partial charge in [0.05, 0.1) is 12.2 Å².